The predicted octanol–water partition coefficient (Wildman–Crippen LogP) is 1.19. The number of nitrogens with one attached hydrogen (secondary N) is 1. The summed E-state index contributed by atoms with van der Waals surface area (Å²) in [5, 5.41) is 6.02. The summed E-state index contributed by atoms with van der Waals surface area (Å²) in [6.07, 6.45) is 0. The minimum atomic E-state index is -0.410. The number of anilines is 2. The molecule has 6 nitrogen and oxygen atoms in total. The number of nitrogen functional groups attached to an aromatic ring is 1. The van der Waals surface area contributed by atoms with Crippen LogP contribution in [0.15, 0.2) is 24.3 Å². The molecule has 2 aromatic rings. The lowest BCUT2D eigenvalue weighted by atomic mass is 10.2. The second-order valence-corrected chi connectivity index (χ2v) is 3.57. The summed E-state index contributed by atoms with van der Waals surface area (Å²) in [5.74, 6) is -0.796. The molecule has 1 heterocycles. The van der Waals surface area contributed by atoms with Crippen molar-refractivity contribution in [2.24, 2.45) is 0 Å². The lowest BCUT2D eigenvalue weighted by Gasteiger charge is -2.19. The molecule has 18 heavy (non-hydrogen) atoms. The van der Waals surface area contributed by atoms with E-state index < -0.39 is 11.7 Å². The Balaban J connectivity index is 2.31. The third-order valence-electron chi connectivity index (χ3n) is 2.39. The number of amides is 1. The Morgan fingerprint density at radius 1 is 1.56 bits per heavy atom. The summed E-state index contributed by atoms with van der Waals surface area (Å²) in [6, 6.07) is 5.77. The number of rotatable bonds is 3. The number of hydrogen-bond acceptors (Lipinski definition) is 4. The van der Waals surface area contributed by atoms with Gasteiger partial charge in [-0.1, -0.05) is 6.07 Å². The van der Waals surface area contributed by atoms with Gasteiger partial charge in [0.15, 0.2) is 0 Å². The maximum atomic E-state index is 13.1. The molecule has 2 rings (SSSR count). The maximum Gasteiger partial charge on any atom is 0.295 e. The number of benzene rings is 1. The lowest BCUT2D eigenvalue weighted by molar-refractivity contribution is 0.0979. The van der Waals surface area contributed by atoms with Crippen LogP contribution in [0.2, 0.25) is 0 Å². The van der Waals surface area contributed by atoms with Crippen LogP contribution < -0.4 is 10.6 Å². The Kier molecular flexibility index (Phi) is 3.22. The number of carbonyl (C=O) groups excluding carboxylic acids is 1. The molecule has 3 N–H and O–H groups in total. The van der Waals surface area contributed by atoms with Gasteiger partial charge in [0.2, 0.25) is 11.8 Å². The van der Waals surface area contributed by atoms with Crippen molar-refractivity contribution in [2.45, 2.75) is 6.92 Å². The molecule has 0 radical (unpaired) electrons. The van der Waals surface area contributed by atoms with Gasteiger partial charge >= 0.3 is 0 Å². The molecule has 1 aromatic carbocycles. The Hall–Kier alpha value is -2.44. The van der Waals surface area contributed by atoms with E-state index in [-0.39, 0.29) is 11.8 Å². The van der Waals surface area contributed by atoms with E-state index in [9.17, 15) is 9.18 Å². The van der Waals surface area contributed by atoms with Gasteiger partial charge in [0.1, 0.15) is 5.82 Å². The normalized spacial score (nSPS) is 10.3. The van der Waals surface area contributed by atoms with E-state index in [1.54, 1.807) is 13.0 Å². The van der Waals surface area contributed by atoms with Gasteiger partial charge in [-0.05, 0) is 25.1 Å². The molecule has 0 aliphatic carbocycles. The van der Waals surface area contributed by atoms with Crippen LogP contribution in [-0.4, -0.2) is 27.6 Å². The van der Waals surface area contributed by atoms with Gasteiger partial charge in [0.25, 0.3) is 5.91 Å². The summed E-state index contributed by atoms with van der Waals surface area (Å²) in [6.45, 7) is 2.16. The fraction of sp³-hybridized carbons (Fsp3) is 0.182. The average molecular weight is 249 g/mol. The molecule has 7 heteroatoms. The van der Waals surface area contributed by atoms with E-state index in [0.717, 1.165) is 0 Å². The van der Waals surface area contributed by atoms with Crippen molar-refractivity contribution >= 4 is 17.5 Å². The first-order valence-electron chi connectivity index (χ1n) is 5.37. The quantitative estimate of drug-likeness (QED) is 0.855. The van der Waals surface area contributed by atoms with Crippen molar-refractivity contribution in [2.75, 3.05) is 17.2 Å². The van der Waals surface area contributed by atoms with Crippen LogP contribution in [0.1, 0.15) is 17.5 Å². The zero-order valence-corrected chi connectivity index (χ0v) is 9.72. The van der Waals surface area contributed by atoms with Crippen molar-refractivity contribution in [3.8, 4) is 0 Å². The van der Waals surface area contributed by atoms with Crippen LogP contribution in [0.25, 0.3) is 0 Å². The van der Waals surface area contributed by atoms with Crippen molar-refractivity contribution in [3.05, 3.63) is 35.9 Å². The van der Waals surface area contributed by atoms with Crippen LogP contribution in [0, 0.1) is 5.82 Å². The van der Waals surface area contributed by atoms with Gasteiger partial charge in [-0.25, -0.2) is 4.39 Å². The lowest BCUT2D eigenvalue weighted by Crippen LogP contribution is -2.31. The molecule has 94 valence electrons. The molecule has 0 spiro atoms. The molecule has 0 saturated carbocycles. The Morgan fingerprint density at radius 3 is 2.89 bits per heavy atom. The van der Waals surface area contributed by atoms with Gasteiger partial charge in [-0.2, -0.15) is 4.98 Å². The fourth-order valence-electron chi connectivity index (χ4n) is 1.59. The van der Waals surface area contributed by atoms with Crippen LogP contribution in [0.4, 0.5) is 16.0 Å². The summed E-state index contributed by atoms with van der Waals surface area (Å²) in [5.41, 5.74) is 5.79. The molecule has 0 aliphatic rings. The van der Waals surface area contributed by atoms with E-state index in [1.165, 1.54) is 23.1 Å². The van der Waals surface area contributed by atoms with Crippen LogP contribution in [0.5, 0.6) is 0 Å². The van der Waals surface area contributed by atoms with Crippen molar-refractivity contribution in [3.63, 3.8) is 0 Å². The maximum absolute atomic E-state index is 13.1. The van der Waals surface area contributed by atoms with Crippen LogP contribution in [0.3, 0.4) is 0 Å². The number of carbonyl (C=O) groups is 1. The smallest absolute Gasteiger partial charge is 0.295 e. The highest BCUT2D eigenvalue weighted by molar-refractivity contribution is 6.03. The third-order valence-corrected chi connectivity index (χ3v) is 2.39. The van der Waals surface area contributed by atoms with Gasteiger partial charge in [-0.3, -0.25) is 9.89 Å². The van der Waals surface area contributed by atoms with E-state index in [2.05, 4.69) is 15.2 Å². The van der Waals surface area contributed by atoms with Gasteiger partial charge in [-0.15, -0.1) is 5.10 Å². The van der Waals surface area contributed by atoms with Crippen LogP contribution >= 0.6 is 0 Å². The number of halogens is 1. The highest BCUT2D eigenvalue weighted by Crippen LogP contribution is 2.17. The fourth-order valence-corrected chi connectivity index (χ4v) is 1.59. The second kappa shape index (κ2) is 4.82. The van der Waals surface area contributed by atoms with Crippen molar-refractivity contribution in [1.29, 1.82) is 0 Å². The van der Waals surface area contributed by atoms with Gasteiger partial charge in [0, 0.05) is 12.2 Å². The first kappa shape index (κ1) is 12.0. The standard InChI is InChI=1S/C11H12FN5O/c1-2-17(8-5-3-4-7(12)6-8)10(18)9-14-11(13)16-15-9/h3-6H,2H2,1H3,(H3,13,14,15,16). The molecular formula is C11H12FN5O. The third kappa shape index (κ3) is 2.29. The highest BCUT2D eigenvalue weighted by atomic mass is 19.1. The molecule has 0 unspecified atom stereocenters. The number of aromatic amines is 1. The monoisotopic (exact) mass is 249 g/mol. The average Bonchev–Trinajstić information content (AvgIpc) is 2.77. The summed E-state index contributed by atoms with van der Waals surface area (Å²) in [7, 11) is 0. The largest absolute Gasteiger partial charge is 0.366 e. The van der Waals surface area contributed by atoms with Crippen molar-refractivity contribution < 1.29 is 9.18 Å². The Bertz CT molecular complexity index is 568. The topological polar surface area (TPSA) is 87.9 Å². The molecular weight excluding hydrogens is 237 g/mol. The predicted molar refractivity (Wildman–Crippen MR) is 64.5 cm³/mol. The molecule has 0 fully saturated rings. The molecule has 0 saturated heterocycles. The van der Waals surface area contributed by atoms with E-state index in [1.807, 2.05) is 0 Å². The van der Waals surface area contributed by atoms with E-state index >= 15 is 0 Å². The summed E-state index contributed by atoms with van der Waals surface area (Å²) < 4.78 is 13.1. The molecule has 1 aromatic heterocycles. The molecule has 0 aliphatic heterocycles. The highest BCUT2D eigenvalue weighted by Gasteiger charge is 2.19. The first-order valence-corrected chi connectivity index (χ1v) is 5.37. The number of nitrogens with zero attached hydrogens (tertiary/aromatic N) is 3. The van der Waals surface area contributed by atoms with Crippen molar-refractivity contribution in [1.82, 2.24) is 15.2 Å². The molecule has 1 amide bonds. The number of H-pyrrole nitrogens is 1. The number of hydrogen-bond donors (Lipinski definition) is 2. The molecule has 0 atom stereocenters. The van der Waals surface area contributed by atoms with Gasteiger partial charge < -0.3 is 10.6 Å². The van der Waals surface area contributed by atoms with E-state index in [4.69, 9.17) is 5.73 Å². The second-order valence-electron chi connectivity index (χ2n) is 3.57. The zero-order valence-electron chi connectivity index (χ0n) is 9.72. The summed E-state index contributed by atoms with van der Waals surface area (Å²) in [4.78, 5) is 17.2. The zero-order chi connectivity index (χ0) is 13.1. The number of nitrogens with two attached hydrogens (primary N) is 1. The Labute approximate surface area is 103 Å². The number of aromatic nitrogens is 3. The van der Waals surface area contributed by atoms with E-state index in [0.29, 0.717) is 12.2 Å². The minimum absolute atomic E-state index is 0.00588. The van der Waals surface area contributed by atoms with Gasteiger partial charge in [0.05, 0.1) is 0 Å². The minimum Gasteiger partial charge on any atom is -0.366 e. The SMILES string of the molecule is CCN(C(=O)c1nc(N)n[nH]1)c1cccc(F)c1. The Morgan fingerprint density at radius 2 is 2.33 bits per heavy atom. The summed E-state index contributed by atoms with van der Waals surface area (Å²) >= 11 is 0. The first-order chi connectivity index (χ1) is 8.61. The van der Waals surface area contributed by atoms with Crippen LogP contribution in [-0.2, 0) is 0 Å². The molecule has 0 bridgehead atoms.